The third-order valence-electron chi connectivity index (χ3n) is 5.37. The number of aromatic nitrogens is 3. The molecule has 1 fully saturated rings. The van der Waals surface area contributed by atoms with E-state index >= 15 is 0 Å². The highest BCUT2D eigenvalue weighted by Crippen LogP contribution is 2.33. The molecule has 0 unspecified atom stereocenters. The molecule has 4 rings (SSSR count). The Kier molecular flexibility index (Phi) is 4.72. The lowest BCUT2D eigenvalue weighted by atomic mass is 9.86. The van der Waals surface area contributed by atoms with Crippen molar-refractivity contribution in [2.24, 2.45) is 7.05 Å². The molecule has 0 atom stereocenters. The van der Waals surface area contributed by atoms with Crippen LogP contribution in [0.15, 0.2) is 41.5 Å². The number of fused-ring (bicyclic) bond motifs is 1. The Morgan fingerprint density at radius 3 is 2.54 bits per heavy atom. The molecule has 0 bridgehead atoms. The Labute approximate surface area is 163 Å². The predicted octanol–water partition coefficient (Wildman–Crippen LogP) is 2.95. The molecule has 7 heteroatoms. The van der Waals surface area contributed by atoms with Crippen LogP contribution in [0.4, 0.5) is 0 Å². The molecule has 0 radical (unpaired) electrons. The summed E-state index contributed by atoms with van der Waals surface area (Å²) in [7, 11) is 1.68. The van der Waals surface area contributed by atoms with E-state index < -0.39 is 5.60 Å². The van der Waals surface area contributed by atoms with E-state index in [9.17, 15) is 9.90 Å². The van der Waals surface area contributed by atoms with Gasteiger partial charge in [-0.3, -0.25) is 13.8 Å². The molecule has 0 spiro atoms. The molecular formula is C21H25N3O4. The van der Waals surface area contributed by atoms with Gasteiger partial charge in [0.15, 0.2) is 0 Å². The molecule has 1 aliphatic heterocycles. The van der Waals surface area contributed by atoms with Crippen molar-refractivity contribution in [3.8, 4) is 11.6 Å². The molecule has 1 aliphatic rings. The van der Waals surface area contributed by atoms with Crippen LogP contribution in [-0.2, 0) is 17.4 Å². The van der Waals surface area contributed by atoms with E-state index in [1.165, 1.54) is 4.57 Å². The SMILES string of the molecule is CC(C)c1ncc2c(=O)n(C)c(Oc3ccc(C4(O)CCOCC4)cc3)cn12. The summed E-state index contributed by atoms with van der Waals surface area (Å²) in [4.78, 5) is 17.0. The van der Waals surface area contributed by atoms with Crippen LogP contribution in [0.3, 0.4) is 0 Å². The first-order chi connectivity index (χ1) is 13.4. The summed E-state index contributed by atoms with van der Waals surface area (Å²) in [5.74, 6) is 2.02. The topological polar surface area (TPSA) is 78.0 Å². The fourth-order valence-electron chi connectivity index (χ4n) is 3.61. The van der Waals surface area contributed by atoms with E-state index in [1.807, 2.05) is 38.1 Å². The quantitative estimate of drug-likeness (QED) is 0.749. The number of nitrogens with zero attached hydrogens (tertiary/aromatic N) is 3. The van der Waals surface area contributed by atoms with Gasteiger partial charge in [-0.05, 0) is 17.7 Å². The smallest absolute Gasteiger partial charge is 0.279 e. The van der Waals surface area contributed by atoms with Crippen LogP contribution in [0.5, 0.6) is 11.6 Å². The summed E-state index contributed by atoms with van der Waals surface area (Å²) < 4.78 is 14.6. The van der Waals surface area contributed by atoms with Crippen molar-refractivity contribution in [3.05, 3.63) is 58.4 Å². The van der Waals surface area contributed by atoms with Gasteiger partial charge in [-0.2, -0.15) is 0 Å². The van der Waals surface area contributed by atoms with Gasteiger partial charge in [-0.1, -0.05) is 26.0 Å². The van der Waals surface area contributed by atoms with E-state index in [1.54, 1.807) is 23.8 Å². The van der Waals surface area contributed by atoms with Crippen molar-refractivity contribution in [1.82, 2.24) is 14.0 Å². The Hall–Kier alpha value is -2.64. The molecule has 0 aliphatic carbocycles. The van der Waals surface area contributed by atoms with E-state index in [-0.39, 0.29) is 11.5 Å². The highest BCUT2D eigenvalue weighted by molar-refractivity contribution is 5.46. The van der Waals surface area contributed by atoms with Gasteiger partial charge in [0.05, 0.1) is 18.0 Å². The lowest BCUT2D eigenvalue weighted by Crippen LogP contribution is -2.33. The third-order valence-corrected chi connectivity index (χ3v) is 5.37. The monoisotopic (exact) mass is 383 g/mol. The van der Waals surface area contributed by atoms with Gasteiger partial charge in [0, 0.05) is 39.0 Å². The minimum Gasteiger partial charge on any atom is -0.439 e. The molecule has 1 N–H and O–H groups in total. The highest BCUT2D eigenvalue weighted by Gasteiger charge is 2.31. The minimum absolute atomic E-state index is 0.162. The van der Waals surface area contributed by atoms with Crippen LogP contribution in [0, 0.1) is 0 Å². The maximum absolute atomic E-state index is 12.7. The standard InChI is InChI=1S/C21H25N3O4/c1-14(2)19-22-12-17-20(25)23(3)18(13-24(17)19)28-16-6-4-15(5-7-16)21(26)8-10-27-11-9-21/h4-7,12-14,26H,8-11H2,1-3H3. The molecule has 28 heavy (non-hydrogen) atoms. The second kappa shape index (κ2) is 7.07. The van der Waals surface area contributed by atoms with Gasteiger partial charge in [0.1, 0.15) is 17.1 Å². The fourth-order valence-corrected chi connectivity index (χ4v) is 3.61. The zero-order valence-corrected chi connectivity index (χ0v) is 16.4. The van der Waals surface area contributed by atoms with Crippen LogP contribution in [0.2, 0.25) is 0 Å². The molecular weight excluding hydrogens is 358 g/mol. The van der Waals surface area contributed by atoms with E-state index in [4.69, 9.17) is 9.47 Å². The van der Waals surface area contributed by atoms with Gasteiger partial charge >= 0.3 is 0 Å². The third kappa shape index (κ3) is 3.21. The summed E-state index contributed by atoms with van der Waals surface area (Å²) in [5, 5.41) is 10.8. The molecule has 1 saturated heterocycles. The number of hydrogen-bond donors (Lipinski definition) is 1. The van der Waals surface area contributed by atoms with Crippen molar-refractivity contribution in [2.45, 2.75) is 38.2 Å². The Morgan fingerprint density at radius 1 is 1.21 bits per heavy atom. The molecule has 3 aromatic rings. The van der Waals surface area contributed by atoms with Gasteiger partial charge < -0.3 is 14.6 Å². The summed E-state index contributed by atoms with van der Waals surface area (Å²) in [6, 6.07) is 7.37. The first-order valence-electron chi connectivity index (χ1n) is 9.54. The normalized spacial score (nSPS) is 16.6. The zero-order valence-electron chi connectivity index (χ0n) is 16.4. The van der Waals surface area contributed by atoms with Gasteiger partial charge in [0.25, 0.3) is 5.56 Å². The Morgan fingerprint density at radius 2 is 1.89 bits per heavy atom. The van der Waals surface area contributed by atoms with Crippen molar-refractivity contribution in [3.63, 3.8) is 0 Å². The highest BCUT2D eigenvalue weighted by atomic mass is 16.5. The summed E-state index contributed by atoms with van der Waals surface area (Å²) in [6.07, 6.45) is 4.55. The van der Waals surface area contributed by atoms with Gasteiger partial charge in [0.2, 0.25) is 5.88 Å². The number of hydrogen-bond acceptors (Lipinski definition) is 5. The van der Waals surface area contributed by atoms with E-state index in [0.717, 1.165) is 11.4 Å². The molecule has 3 heterocycles. The number of rotatable bonds is 4. The van der Waals surface area contributed by atoms with Crippen LogP contribution < -0.4 is 10.3 Å². The summed E-state index contributed by atoms with van der Waals surface area (Å²) in [6.45, 7) is 5.18. The average Bonchev–Trinajstić information content (AvgIpc) is 3.11. The van der Waals surface area contributed by atoms with Crippen molar-refractivity contribution in [2.75, 3.05) is 13.2 Å². The first-order valence-corrected chi connectivity index (χ1v) is 9.54. The molecule has 0 saturated carbocycles. The summed E-state index contributed by atoms with van der Waals surface area (Å²) >= 11 is 0. The van der Waals surface area contributed by atoms with Crippen LogP contribution in [0.1, 0.15) is 44.0 Å². The van der Waals surface area contributed by atoms with Crippen LogP contribution >= 0.6 is 0 Å². The predicted molar refractivity (Wildman–Crippen MR) is 105 cm³/mol. The minimum atomic E-state index is -0.856. The zero-order chi connectivity index (χ0) is 19.9. The molecule has 2 aromatic heterocycles. The second-order valence-electron chi connectivity index (χ2n) is 7.63. The molecule has 148 valence electrons. The van der Waals surface area contributed by atoms with E-state index in [2.05, 4.69) is 4.98 Å². The molecule has 7 nitrogen and oxygen atoms in total. The van der Waals surface area contributed by atoms with Crippen molar-refractivity contribution < 1.29 is 14.6 Å². The Balaban J connectivity index is 1.65. The van der Waals surface area contributed by atoms with Gasteiger partial charge in [-0.25, -0.2) is 4.98 Å². The molecule has 1 aromatic carbocycles. The van der Waals surface area contributed by atoms with Crippen molar-refractivity contribution >= 4 is 5.52 Å². The largest absolute Gasteiger partial charge is 0.439 e. The number of ether oxygens (including phenoxy) is 2. The number of benzene rings is 1. The van der Waals surface area contributed by atoms with Gasteiger partial charge in [-0.15, -0.1) is 0 Å². The number of imidazole rings is 1. The second-order valence-corrected chi connectivity index (χ2v) is 7.63. The maximum atomic E-state index is 12.7. The molecule has 0 amide bonds. The van der Waals surface area contributed by atoms with Crippen LogP contribution in [-0.4, -0.2) is 32.3 Å². The Bertz CT molecular complexity index is 1040. The lowest BCUT2D eigenvalue weighted by Gasteiger charge is -2.32. The van der Waals surface area contributed by atoms with E-state index in [0.29, 0.717) is 43.2 Å². The van der Waals surface area contributed by atoms with Crippen molar-refractivity contribution in [1.29, 1.82) is 0 Å². The average molecular weight is 383 g/mol. The summed E-state index contributed by atoms with van der Waals surface area (Å²) in [5.41, 5.74) is 0.357. The van der Waals surface area contributed by atoms with Crippen LogP contribution in [0.25, 0.3) is 5.52 Å². The fraction of sp³-hybridized carbons (Fsp3) is 0.429. The number of aliphatic hydroxyl groups is 1. The lowest BCUT2D eigenvalue weighted by molar-refractivity contribution is -0.0679. The maximum Gasteiger partial charge on any atom is 0.279 e. The first kappa shape index (κ1) is 18.7.